The predicted octanol–water partition coefficient (Wildman–Crippen LogP) is 4.54. The van der Waals surface area contributed by atoms with E-state index >= 15 is 0 Å². The molecule has 3 amide bonds. The second kappa shape index (κ2) is 10.1. The monoisotopic (exact) mass is 484 g/mol. The van der Waals surface area contributed by atoms with Crippen molar-refractivity contribution in [1.29, 1.82) is 0 Å². The number of rotatable bonds is 5. The van der Waals surface area contributed by atoms with Crippen LogP contribution in [0.2, 0.25) is 0 Å². The molecule has 2 aromatic carbocycles. The lowest BCUT2D eigenvalue weighted by Gasteiger charge is -2.31. The van der Waals surface area contributed by atoms with E-state index in [0.29, 0.717) is 48.0 Å². The number of carbonyl (C=O) groups excluding carboxylic acids is 3. The average Bonchev–Trinajstić information content (AvgIpc) is 3.27. The Kier molecular flexibility index (Phi) is 6.97. The fraction of sp³-hybridized carbons (Fsp3) is 0.250. The van der Waals surface area contributed by atoms with E-state index in [1.807, 2.05) is 0 Å². The first-order valence-electron chi connectivity index (χ1n) is 10.7. The normalized spacial score (nSPS) is 14.0. The Bertz CT molecular complexity index is 1220. The number of benzene rings is 2. The van der Waals surface area contributed by atoms with Crippen LogP contribution in [0, 0.1) is 17.6 Å². The van der Waals surface area contributed by atoms with E-state index in [0.717, 1.165) is 0 Å². The lowest BCUT2D eigenvalue weighted by atomic mass is 9.95. The fourth-order valence-corrected chi connectivity index (χ4v) is 4.50. The van der Waals surface area contributed by atoms with Crippen molar-refractivity contribution >= 4 is 39.9 Å². The van der Waals surface area contributed by atoms with E-state index in [-0.39, 0.29) is 29.2 Å². The quantitative estimate of drug-likeness (QED) is 0.556. The van der Waals surface area contributed by atoms with Crippen LogP contribution in [-0.2, 0) is 9.59 Å². The van der Waals surface area contributed by atoms with Crippen LogP contribution in [0.4, 0.5) is 19.6 Å². The SMILES string of the molecule is CC(=O)Nc1ccc(-c2csc(NC(=O)C3CCN(C(=O)c4ccc(F)cc4)CC3)n2)c(F)c1. The number of hydrogen-bond donors (Lipinski definition) is 2. The molecular weight excluding hydrogens is 462 g/mol. The van der Waals surface area contributed by atoms with Crippen LogP contribution < -0.4 is 10.6 Å². The summed E-state index contributed by atoms with van der Waals surface area (Å²) < 4.78 is 27.5. The van der Waals surface area contributed by atoms with Gasteiger partial charge in [0.15, 0.2) is 5.13 Å². The van der Waals surface area contributed by atoms with Gasteiger partial charge >= 0.3 is 0 Å². The number of nitrogens with one attached hydrogen (secondary N) is 2. The molecule has 0 saturated carbocycles. The second-order valence-electron chi connectivity index (χ2n) is 7.98. The molecule has 2 heterocycles. The van der Waals surface area contributed by atoms with Crippen molar-refractivity contribution in [3.05, 3.63) is 65.0 Å². The van der Waals surface area contributed by atoms with Gasteiger partial charge in [0, 0.05) is 48.1 Å². The number of hydrogen-bond acceptors (Lipinski definition) is 5. The van der Waals surface area contributed by atoms with Crippen molar-refractivity contribution < 1.29 is 23.2 Å². The number of likely N-dealkylation sites (tertiary alicyclic amines) is 1. The smallest absolute Gasteiger partial charge is 0.253 e. The topological polar surface area (TPSA) is 91.4 Å². The van der Waals surface area contributed by atoms with Gasteiger partial charge in [-0.05, 0) is 55.3 Å². The molecule has 176 valence electrons. The first-order chi connectivity index (χ1) is 16.3. The number of thiazole rings is 1. The molecule has 34 heavy (non-hydrogen) atoms. The number of aromatic nitrogens is 1. The number of piperidine rings is 1. The number of amides is 3. The summed E-state index contributed by atoms with van der Waals surface area (Å²) in [7, 11) is 0. The fourth-order valence-electron chi connectivity index (χ4n) is 3.79. The molecular formula is C24H22F2N4O3S. The molecule has 0 bridgehead atoms. The summed E-state index contributed by atoms with van der Waals surface area (Å²) in [6, 6.07) is 9.72. The molecule has 0 atom stereocenters. The third-order valence-corrected chi connectivity index (χ3v) is 6.30. The van der Waals surface area contributed by atoms with Gasteiger partial charge in [0.25, 0.3) is 5.91 Å². The van der Waals surface area contributed by atoms with Crippen molar-refractivity contribution in [1.82, 2.24) is 9.88 Å². The number of carbonyl (C=O) groups is 3. The Morgan fingerprint density at radius 3 is 2.38 bits per heavy atom. The maximum atomic E-state index is 14.5. The van der Waals surface area contributed by atoms with E-state index in [4.69, 9.17) is 0 Å². The first-order valence-corrected chi connectivity index (χ1v) is 11.6. The van der Waals surface area contributed by atoms with Gasteiger partial charge in [-0.2, -0.15) is 0 Å². The largest absolute Gasteiger partial charge is 0.339 e. The van der Waals surface area contributed by atoms with E-state index < -0.39 is 11.6 Å². The number of halogens is 2. The zero-order valence-electron chi connectivity index (χ0n) is 18.3. The van der Waals surface area contributed by atoms with Gasteiger partial charge in [0.2, 0.25) is 11.8 Å². The maximum absolute atomic E-state index is 14.5. The Hall–Kier alpha value is -3.66. The lowest BCUT2D eigenvalue weighted by molar-refractivity contribution is -0.121. The standard InChI is InChI=1S/C24H22F2N4O3S/c1-14(31)27-18-6-7-19(20(26)12-18)21-13-34-24(28-21)29-22(32)15-8-10-30(11-9-15)23(33)16-2-4-17(25)5-3-16/h2-7,12-13,15H,8-11H2,1H3,(H,27,31)(H,28,29,32). The van der Waals surface area contributed by atoms with Crippen LogP contribution in [0.1, 0.15) is 30.1 Å². The molecule has 4 rings (SSSR count). The Labute approximate surface area is 198 Å². The van der Waals surface area contributed by atoms with Gasteiger partial charge in [0.1, 0.15) is 11.6 Å². The van der Waals surface area contributed by atoms with E-state index in [9.17, 15) is 23.2 Å². The van der Waals surface area contributed by atoms with Crippen molar-refractivity contribution in [2.45, 2.75) is 19.8 Å². The van der Waals surface area contributed by atoms with Crippen LogP contribution in [0.25, 0.3) is 11.3 Å². The number of anilines is 2. The molecule has 1 saturated heterocycles. The van der Waals surface area contributed by atoms with Crippen LogP contribution in [0.5, 0.6) is 0 Å². The molecule has 0 radical (unpaired) electrons. The van der Waals surface area contributed by atoms with Crippen LogP contribution in [-0.4, -0.2) is 40.7 Å². The summed E-state index contributed by atoms with van der Waals surface area (Å²) in [5, 5.41) is 7.31. The highest BCUT2D eigenvalue weighted by Gasteiger charge is 2.28. The summed E-state index contributed by atoms with van der Waals surface area (Å²) >= 11 is 1.19. The Morgan fingerprint density at radius 1 is 1.03 bits per heavy atom. The summed E-state index contributed by atoms with van der Waals surface area (Å²) in [4.78, 5) is 42.4. The second-order valence-corrected chi connectivity index (χ2v) is 8.83. The predicted molar refractivity (Wildman–Crippen MR) is 125 cm³/mol. The minimum Gasteiger partial charge on any atom is -0.339 e. The van der Waals surface area contributed by atoms with E-state index in [1.165, 1.54) is 54.7 Å². The Morgan fingerprint density at radius 2 is 1.74 bits per heavy atom. The third-order valence-electron chi connectivity index (χ3n) is 5.54. The lowest BCUT2D eigenvalue weighted by Crippen LogP contribution is -2.41. The zero-order chi connectivity index (χ0) is 24.2. The molecule has 1 fully saturated rings. The molecule has 10 heteroatoms. The molecule has 1 aliphatic heterocycles. The minimum absolute atomic E-state index is 0.185. The number of nitrogens with zero attached hydrogens (tertiary/aromatic N) is 2. The van der Waals surface area contributed by atoms with Gasteiger partial charge in [-0.3, -0.25) is 14.4 Å². The van der Waals surface area contributed by atoms with Crippen LogP contribution >= 0.6 is 11.3 Å². The highest BCUT2D eigenvalue weighted by molar-refractivity contribution is 7.14. The molecule has 3 aromatic rings. The molecule has 1 aromatic heterocycles. The summed E-state index contributed by atoms with van der Waals surface area (Å²) in [5.74, 6) is -1.89. The zero-order valence-corrected chi connectivity index (χ0v) is 19.1. The third kappa shape index (κ3) is 5.45. The minimum atomic E-state index is -0.535. The molecule has 1 aliphatic rings. The Balaban J connectivity index is 1.33. The summed E-state index contributed by atoms with van der Waals surface area (Å²) in [6.45, 7) is 2.18. The maximum Gasteiger partial charge on any atom is 0.253 e. The van der Waals surface area contributed by atoms with Crippen LogP contribution in [0.3, 0.4) is 0 Å². The van der Waals surface area contributed by atoms with Gasteiger partial charge in [-0.1, -0.05) is 0 Å². The van der Waals surface area contributed by atoms with E-state index in [2.05, 4.69) is 15.6 Å². The van der Waals surface area contributed by atoms with Crippen molar-refractivity contribution in [2.75, 3.05) is 23.7 Å². The summed E-state index contributed by atoms with van der Waals surface area (Å²) in [6.07, 6.45) is 0.993. The van der Waals surface area contributed by atoms with Gasteiger partial charge in [-0.15, -0.1) is 11.3 Å². The van der Waals surface area contributed by atoms with Gasteiger partial charge < -0.3 is 15.5 Å². The highest BCUT2D eigenvalue weighted by atomic mass is 32.1. The van der Waals surface area contributed by atoms with Crippen LogP contribution in [0.15, 0.2) is 47.8 Å². The van der Waals surface area contributed by atoms with Crippen molar-refractivity contribution in [2.24, 2.45) is 5.92 Å². The van der Waals surface area contributed by atoms with Gasteiger partial charge in [-0.25, -0.2) is 13.8 Å². The van der Waals surface area contributed by atoms with Crippen molar-refractivity contribution in [3.63, 3.8) is 0 Å². The molecule has 0 aliphatic carbocycles. The molecule has 2 N–H and O–H groups in total. The average molecular weight is 485 g/mol. The summed E-state index contributed by atoms with van der Waals surface area (Å²) in [5.41, 5.74) is 1.41. The highest BCUT2D eigenvalue weighted by Crippen LogP contribution is 2.29. The van der Waals surface area contributed by atoms with Crippen molar-refractivity contribution in [3.8, 4) is 11.3 Å². The molecule has 0 unspecified atom stereocenters. The first kappa shape index (κ1) is 23.5. The van der Waals surface area contributed by atoms with E-state index in [1.54, 1.807) is 16.3 Å². The van der Waals surface area contributed by atoms with Gasteiger partial charge in [0.05, 0.1) is 5.69 Å². The molecule has 0 spiro atoms. The molecule has 7 nitrogen and oxygen atoms in total.